The van der Waals surface area contributed by atoms with Gasteiger partial charge in [-0.3, -0.25) is 0 Å². The molecule has 0 aliphatic carbocycles. The van der Waals surface area contributed by atoms with Gasteiger partial charge in [-0.15, -0.1) is 0 Å². The molecular weight excluding hydrogens is 324 g/mol. The van der Waals surface area contributed by atoms with Crippen molar-refractivity contribution in [3.63, 3.8) is 0 Å². The molecule has 0 spiro atoms. The molecule has 4 nitrogen and oxygen atoms in total. The number of halogens is 1. The second-order valence-corrected chi connectivity index (χ2v) is 6.54. The Labute approximate surface area is 115 Å². The van der Waals surface area contributed by atoms with Crippen LogP contribution in [-0.4, -0.2) is 19.4 Å². The maximum atomic E-state index is 12.0. The molecule has 17 heavy (non-hydrogen) atoms. The molecule has 0 heterocycles. The van der Waals surface area contributed by atoms with Crippen LogP contribution in [0.1, 0.15) is 13.3 Å². The molecule has 1 aromatic carbocycles. The van der Waals surface area contributed by atoms with Crippen molar-refractivity contribution in [2.45, 2.75) is 24.3 Å². The van der Waals surface area contributed by atoms with Crippen LogP contribution in [0.2, 0.25) is 0 Å². The van der Waals surface area contributed by atoms with Gasteiger partial charge < -0.3 is 5.73 Å². The number of nitrogens with one attached hydrogen (secondary N) is 1. The lowest BCUT2D eigenvalue weighted by atomic mass is 10.2. The van der Waals surface area contributed by atoms with Crippen LogP contribution in [0.3, 0.4) is 0 Å². The SMILES string of the molecule is CCC(NS(=O)(=O)c1ccc(Br)cc1)C(N)=S. The lowest BCUT2D eigenvalue weighted by molar-refractivity contribution is 0.572. The van der Waals surface area contributed by atoms with Gasteiger partial charge in [0.05, 0.1) is 15.9 Å². The van der Waals surface area contributed by atoms with E-state index in [-0.39, 0.29) is 9.88 Å². The molecular formula is C10H13BrN2O2S2. The number of hydrogen-bond acceptors (Lipinski definition) is 3. The van der Waals surface area contributed by atoms with Crippen LogP contribution in [0, 0.1) is 0 Å². The Balaban J connectivity index is 2.96. The topological polar surface area (TPSA) is 72.2 Å². The Morgan fingerprint density at radius 2 is 2.00 bits per heavy atom. The molecule has 0 saturated carbocycles. The second-order valence-electron chi connectivity index (χ2n) is 3.44. The molecule has 1 atom stereocenters. The smallest absolute Gasteiger partial charge is 0.241 e. The molecule has 0 saturated heterocycles. The quantitative estimate of drug-likeness (QED) is 0.804. The highest BCUT2D eigenvalue weighted by Crippen LogP contribution is 2.15. The number of benzene rings is 1. The summed E-state index contributed by atoms with van der Waals surface area (Å²) in [6, 6.07) is 5.84. The van der Waals surface area contributed by atoms with Gasteiger partial charge in [0, 0.05) is 4.47 Å². The van der Waals surface area contributed by atoms with Crippen molar-refractivity contribution in [1.29, 1.82) is 0 Å². The van der Waals surface area contributed by atoms with Crippen molar-refractivity contribution >= 4 is 43.2 Å². The Hall–Kier alpha value is -0.500. The summed E-state index contributed by atoms with van der Waals surface area (Å²) >= 11 is 8.04. The van der Waals surface area contributed by atoms with E-state index in [2.05, 4.69) is 20.7 Å². The van der Waals surface area contributed by atoms with E-state index in [1.807, 2.05) is 6.92 Å². The standard InChI is InChI=1S/C10H13BrN2O2S2/c1-2-9(10(12)16)13-17(14,15)8-5-3-7(11)4-6-8/h3-6,9,13H,2H2,1H3,(H2,12,16). The molecule has 0 aliphatic rings. The average molecular weight is 337 g/mol. The molecule has 1 rings (SSSR count). The monoisotopic (exact) mass is 336 g/mol. The van der Waals surface area contributed by atoms with E-state index in [9.17, 15) is 8.42 Å². The van der Waals surface area contributed by atoms with Gasteiger partial charge in [-0.2, -0.15) is 0 Å². The van der Waals surface area contributed by atoms with Crippen molar-refractivity contribution < 1.29 is 8.42 Å². The summed E-state index contributed by atoms with van der Waals surface area (Å²) in [5, 5.41) is 0. The predicted molar refractivity (Wildman–Crippen MR) is 75.3 cm³/mol. The van der Waals surface area contributed by atoms with Crippen molar-refractivity contribution in [1.82, 2.24) is 4.72 Å². The lowest BCUT2D eigenvalue weighted by Crippen LogP contribution is -2.42. The van der Waals surface area contributed by atoms with Crippen LogP contribution in [0.25, 0.3) is 0 Å². The first-order valence-corrected chi connectivity index (χ1v) is 7.62. The summed E-state index contributed by atoms with van der Waals surface area (Å²) < 4.78 is 27.2. The summed E-state index contributed by atoms with van der Waals surface area (Å²) in [4.78, 5) is 0.337. The second kappa shape index (κ2) is 5.90. The largest absolute Gasteiger partial charge is 0.392 e. The van der Waals surface area contributed by atoms with E-state index in [1.165, 1.54) is 12.1 Å². The summed E-state index contributed by atoms with van der Waals surface area (Å²) in [5.41, 5.74) is 5.45. The van der Waals surface area contributed by atoms with Crippen molar-refractivity contribution in [3.05, 3.63) is 28.7 Å². The third kappa shape index (κ3) is 4.02. The number of nitrogens with two attached hydrogens (primary N) is 1. The highest BCUT2D eigenvalue weighted by molar-refractivity contribution is 9.10. The van der Waals surface area contributed by atoms with Gasteiger partial charge in [0.25, 0.3) is 0 Å². The van der Waals surface area contributed by atoms with Crippen molar-refractivity contribution in [2.75, 3.05) is 0 Å². The fourth-order valence-electron chi connectivity index (χ4n) is 1.21. The first kappa shape index (κ1) is 14.6. The summed E-state index contributed by atoms with van der Waals surface area (Å²) in [7, 11) is -3.57. The van der Waals surface area contributed by atoms with Gasteiger partial charge in [0.1, 0.15) is 0 Å². The molecule has 0 aliphatic heterocycles. The van der Waals surface area contributed by atoms with Crippen LogP contribution >= 0.6 is 28.1 Å². The minimum Gasteiger partial charge on any atom is -0.392 e. The summed E-state index contributed by atoms with van der Waals surface area (Å²) in [6.07, 6.45) is 0.519. The first-order chi connectivity index (χ1) is 7.86. The molecule has 0 radical (unpaired) electrons. The summed E-state index contributed by atoms with van der Waals surface area (Å²) in [6.45, 7) is 1.81. The van der Waals surface area contributed by atoms with E-state index in [0.29, 0.717) is 6.42 Å². The first-order valence-electron chi connectivity index (χ1n) is 4.94. The number of hydrogen-bond donors (Lipinski definition) is 2. The molecule has 94 valence electrons. The molecule has 0 fully saturated rings. The Bertz CT molecular complexity index is 500. The van der Waals surface area contributed by atoms with Crippen molar-refractivity contribution in [2.24, 2.45) is 5.73 Å². The highest BCUT2D eigenvalue weighted by Gasteiger charge is 2.20. The van der Waals surface area contributed by atoms with Gasteiger partial charge in [-0.1, -0.05) is 35.1 Å². The Kier molecular flexibility index (Phi) is 5.05. The van der Waals surface area contributed by atoms with Gasteiger partial charge in [0.2, 0.25) is 10.0 Å². The molecule has 0 amide bonds. The zero-order chi connectivity index (χ0) is 13.1. The third-order valence-electron chi connectivity index (χ3n) is 2.17. The van der Waals surface area contributed by atoms with Gasteiger partial charge in [0.15, 0.2) is 0 Å². The minimum absolute atomic E-state index is 0.146. The molecule has 0 bridgehead atoms. The Morgan fingerprint density at radius 1 is 1.47 bits per heavy atom. The van der Waals surface area contributed by atoms with Gasteiger partial charge >= 0.3 is 0 Å². The Morgan fingerprint density at radius 3 is 2.41 bits per heavy atom. The zero-order valence-corrected chi connectivity index (χ0v) is 12.4. The minimum atomic E-state index is -3.57. The number of thiocarbonyl (C=S) groups is 1. The van der Waals surface area contributed by atoms with E-state index < -0.39 is 16.1 Å². The maximum Gasteiger partial charge on any atom is 0.241 e. The van der Waals surface area contributed by atoms with Gasteiger partial charge in [-0.05, 0) is 30.7 Å². The summed E-state index contributed by atoms with van der Waals surface area (Å²) in [5.74, 6) is 0. The zero-order valence-electron chi connectivity index (χ0n) is 9.18. The molecule has 0 aromatic heterocycles. The van der Waals surface area contributed by atoms with Crippen LogP contribution in [0.4, 0.5) is 0 Å². The van der Waals surface area contributed by atoms with E-state index in [0.717, 1.165) is 4.47 Å². The fraction of sp³-hybridized carbons (Fsp3) is 0.300. The average Bonchev–Trinajstić information content (AvgIpc) is 2.26. The van der Waals surface area contributed by atoms with E-state index in [4.69, 9.17) is 18.0 Å². The third-order valence-corrected chi connectivity index (χ3v) is 4.47. The fourth-order valence-corrected chi connectivity index (χ4v) is 3.07. The van der Waals surface area contributed by atoms with Crippen molar-refractivity contribution in [3.8, 4) is 0 Å². The predicted octanol–water partition coefficient (Wildman–Crippen LogP) is 1.79. The molecule has 7 heteroatoms. The lowest BCUT2D eigenvalue weighted by Gasteiger charge is -2.15. The normalized spacial score (nSPS) is 13.3. The van der Waals surface area contributed by atoms with Crippen LogP contribution in [-0.2, 0) is 10.0 Å². The molecule has 1 unspecified atom stereocenters. The number of sulfonamides is 1. The number of rotatable bonds is 5. The maximum absolute atomic E-state index is 12.0. The van der Waals surface area contributed by atoms with Gasteiger partial charge in [-0.25, -0.2) is 13.1 Å². The van der Waals surface area contributed by atoms with Crippen LogP contribution < -0.4 is 10.5 Å². The van der Waals surface area contributed by atoms with Crippen LogP contribution in [0.15, 0.2) is 33.6 Å². The molecule has 1 aromatic rings. The van der Waals surface area contributed by atoms with E-state index in [1.54, 1.807) is 12.1 Å². The van der Waals surface area contributed by atoms with E-state index >= 15 is 0 Å². The highest BCUT2D eigenvalue weighted by atomic mass is 79.9. The van der Waals surface area contributed by atoms with Crippen LogP contribution in [0.5, 0.6) is 0 Å². The molecule has 3 N–H and O–H groups in total.